The number of nitrogens with zero attached hydrogens (tertiary/aromatic N) is 3. The fourth-order valence-electron chi connectivity index (χ4n) is 3.81. The summed E-state index contributed by atoms with van der Waals surface area (Å²) >= 11 is 0. The maximum absolute atomic E-state index is 13.3. The molecule has 0 radical (unpaired) electrons. The molecule has 4 rings (SSSR count). The van der Waals surface area contributed by atoms with Crippen molar-refractivity contribution in [3.05, 3.63) is 36.0 Å². The second-order valence-corrected chi connectivity index (χ2v) is 8.79. The Labute approximate surface area is 139 Å². The van der Waals surface area contributed by atoms with Crippen molar-refractivity contribution in [3.8, 4) is 11.5 Å². The second kappa shape index (κ2) is 5.63. The molecule has 1 aromatic carbocycles. The Morgan fingerprint density at radius 1 is 1.29 bits per heavy atom. The van der Waals surface area contributed by atoms with Crippen molar-refractivity contribution in [3.63, 3.8) is 0 Å². The molecule has 1 unspecified atom stereocenters. The maximum atomic E-state index is 13.3. The van der Waals surface area contributed by atoms with E-state index in [0.29, 0.717) is 24.4 Å². The smallest absolute Gasteiger partial charge is 0.247 e. The molecule has 1 atom stereocenters. The normalized spacial score (nSPS) is 26.4. The van der Waals surface area contributed by atoms with Crippen molar-refractivity contribution in [1.82, 2.24) is 15.1 Å². The molecular weight excluding hydrogens is 333 g/mol. The number of halogens is 1. The van der Waals surface area contributed by atoms with Gasteiger partial charge in [0.1, 0.15) is 5.82 Å². The van der Waals surface area contributed by atoms with Crippen LogP contribution in [0.25, 0.3) is 11.5 Å². The summed E-state index contributed by atoms with van der Waals surface area (Å²) in [6, 6.07) is 6.00. The van der Waals surface area contributed by atoms with Crippen LogP contribution in [0.15, 0.2) is 28.7 Å². The third-order valence-electron chi connectivity index (χ3n) is 4.97. The molecule has 24 heavy (non-hydrogen) atoms. The third-order valence-corrected chi connectivity index (χ3v) is 6.78. The monoisotopic (exact) mass is 351 g/mol. The predicted octanol–water partition coefficient (Wildman–Crippen LogP) is 2.03. The van der Waals surface area contributed by atoms with Crippen LogP contribution in [0.3, 0.4) is 0 Å². The number of sulfone groups is 1. The zero-order valence-electron chi connectivity index (χ0n) is 13.1. The van der Waals surface area contributed by atoms with Crippen molar-refractivity contribution in [2.45, 2.75) is 31.3 Å². The van der Waals surface area contributed by atoms with E-state index in [4.69, 9.17) is 4.42 Å². The summed E-state index contributed by atoms with van der Waals surface area (Å²) in [5.74, 6) is 0.811. The molecule has 2 aromatic rings. The van der Waals surface area contributed by atoms with Crippen molar-refractivity contribution in [1.29, 1.82) is 0 Å². The molecule has 0 bridgehead atoms. The van der Waals surface area contributed by atoms with Crippen LogP contribution in [0.4, 0.5) is 4.39 Å². The Balaban J connectivity index is 1.54. The molecule has 3 heterocycles. The second-order valence-electron chi connectivity index (χ2n) is 6.60. The van der Waals surface area contributed by atoms with E-state index in [0.717, 1.165) is 19.4 Å². The lowest BCUT2D eigenvalue weighted by atomic mass is 9.96. The minimum atomic E-state index is -2.96. The molecule has 1 aromatic heterocycles. The number of rotatable bonds is 3. The number of hydrogen-bond donors (Lipinski definition) is 0. The standard InChI is InChI=1S/C16H18FN3O3S/c17-13-4-1-3-12(9-13)15-19-18-14(23-15)10-20-7-2-5-16(20)6-8-24(21,22)11-16/h1,3-4,9H,2,5-8,10-11H2. The molecule has 2 fully saturated rings. The minimum absolute atomic E-state index is 0.213. The van der Waals surface area contributed by atoms with Gasteiger partial charge in [0.05, 0.1) is 18.1 Å². The van der Waals surface area contributed by atoms with Gasteiger partial charge < -0.3 is 4.42 Å². The van der Waals surface area contributed by atoms with E-state index in [9.17, 15) is 12.8 Å². The molecule has 0 amide bonds. The molecule has 2 aliphatic rings. The Bertz CT molecular complexity index is 867. The van der Waals surface area contributed by atoms with Crippen LogP contribution in [0, 0.1) is 5.82 Å². The van der Waals surface area contributed by atoms with Crippen LogP contribution < -0.4 is 0 Å². The molecule has 1 spiro atoms. The zero-order chi connectivity index (χ0) is 16.8. The van der Waals surface area contributed by atoms with Gasteiger partial charge in [-0.15, -0.1) is 10.2 Å². The first kappa shape index (κ1) is 15.7. The molecule has 128 valence electrons. The van der Waals surface area contributed by atoms with Gasteiger partial charge in [-0.1, -0.05) is 6.07 Å². The van der Waals surface area contributed by atoms with Gasteiger partial charge in [-0.05, 0) is 44.0 Å². The van der Waals surface area contributed by atoms with Crippen LogP contribution >= 0.6 is 0 Å². The van der Waals surface area contributed by atoms with Gasteiger partial charge in [-0.25, -0.2) is 12.8 Å². The Kier molecular flexibility index (Phi) is 3.69. The Morgan fingerprint density at radius 2 is 2.17 bits per heavy atom. The van der Waals surface area contributed by atoms with Crippen molar-refractivity contribution < 1.29 is 17.2 Å². The maximum Gasteiger partial charge on any atom is 0.247 e. The summed E-state index contributed by atoms with van der Waals surface area (Å²) in [7, 11) is -2.96. The van der Waals surface area contributed by atoms with Crippen molar-refractivity contribution in [2.75, 3.05) is 18.1 Å². The first-order valence-electron chi connectivity index (χ1n) is 8.00. The van der Waals surface area contributed by atoms with E-state index >= 15 is 0 Å². The van der Waals surface area contributed by atoms with E-state index in [1.807, 2.05) is 0 Å². The van der Waals surface area contributed by atoms with Gasteiger partial charge in [-0.3, -0.25) is 4.90 Å². The summed E-state index contributed by atoms with van der Waals surface area (Å²) in [5, 5.41) is 8.03. The quantitative estimate of drug-likeness (QED) is 0.842. The fourth-order valence-corrected chi connectivity index (χ4v) is 5.93. The average Bonchev–Trinajstić information content (AvgIpc) is 3.21. The van der Waals surface area contributed by atoms with Crippen LogP contribution in [0.1, 0.15) is 25.2 Å². The molecule has 2 aliphatic heterocycles. The molecule has 6 nitrogen and oxygen atoms in total. The van der Waals surface area contributed by atoms with Gasteiger partial charge in [0.15, 0.2) is 9.84 Å². The van der Waals surface area contributed by atoms with Gasteiger partial charge >= 0.3 is 0 Å². The summed E-state index contributed by atoms with van der Waals surface area (Å²) in [5.41, 5.74) is 0.250. The largest absolute Gasteiger partial charge is 0.419 e. The van der Waals surface area contributed by atoms with E-state index < -0.39 is 9.84 Å². The summed E-state index contributed by atoms with van der Waals surface area (Å²) in [4.78, 5) is 2.15. The van der Waals surface area contributed by atoms with Gasteiger partial charge in [-0.2, -0.15) is 0 Å². The van der Waals surface area contributed by atoms with Gasteiger partial charge in [0, 0.05) is 11.1 Å². The van der Waals surface area contributed by atoms with Crippen LogP contribution in [0.2, 0.25) is 0 Å². The van der Waals surface area contributed by atoms with E-state index in [2.05, 4.69) is 15.1 Å². The van der Waals surface area contributed by atoms with Gasteiger partial charge in [0.25, 0.3) is 0 Å². The van der Waals surface area contributed by atoms with E-state index in [1.165, 1.54) is 12.1 Å². The van der Waals surface area contributed by atoms with E-state index in [-0.39, 0.29) is 28.8 Å². The summed E-state index contributed by atoms with van der Waals surface area (Å²) < 4.78 is 42.8. The highest BCUT2D eigenvalue weighted by atomic mass is 32.2. The molecule has 8 heteroatoms. The number of hydrogen-bond acceptors (Lipinski definition) is 6. The SMILES string of the molecule is O=S1(=O)CCC2(CCCN2Cc2nnc(-c3cccc(F)c3)o2)C1. The lowest BCUT2D eigenvalue weighted by Crippen LogP contribution is -2.44. The highest BCUT2D eigenvalue weighted by Gasteiger charge is 2.49. The number of aromatic nitrogens is 2. The fraction of sp³-hybridized carbons (Fsp3) is 0.500. The summed E-state index contributed by atoms with van der Waals surface area (Å²) in [6.45, 7) is 1.25. The molecule has 0 aliphatic carbocycles. The Morgan fingerprint density at radius 3 is 2.92 bits per heavy atom. The summed E-state index contributed by atoms with van der Waals surface area (Å²) in [6.07, 6.45) is 2.53. The number of likely N-dealkylation sites (tertiary alicyclic amines) is 1. The van der Waals surface area contributed by atoms with Crippen molar-refractivity contribution >= 4 is 9.84 Å². The zero-order valence-corrected chi connectivity index (χ0v) is 13.9. The minimum Gasteiger partial charge on any atom is -0.419 e. The van der Waals surface area contributed by atoms with Crippen LogP contribution in [-0.2, 0) is 16.4 Å². The molecule has 2 saturated heterocycles. The predicted molar refractivity (Wildman–Crippen MR) is 85.3 cm³/mol. The first-order valence-corrected chi connectivity index (χ1v) is 9.82. The number of benzene rings is 1. The molecule has 0 N–H and O–H groups in total. The van der Waals surface area contributed by atoms with Crippen LogP contribution in [0.5, 0.6) is 0 Å². The lowest BCUT2D eigenvalue weighted by Gasteiger charge is -2.32. The first-order chi connectivity index (χ1) is 11.5. The highest BCUT2D eigenvalue weighted by Crippen LogP contribution is 2.39. The van der Waals surface area contributed by atoms with Gasteiger partial charge in [0.2, 0.25) is 11.8 Å². The molecular formula is C16H18FN3O3S. The van der Waals surface area contributed by atoms with Crippen molar-refractivity contribution in [2.24, 2.45) is 0 Å². The van der Waals surface area contributed by atoms with E-state index in [1.54, 1.807) is 12.1 Å². The van der Waals surface area contributed by atoms with Crippen LogP contribution in [-0.4, -0.2) is 47.1 Å². The topological polar surface area (TPSA) is 76.3 Å². The third kappa shape index (κ3) is 2.84. The average molecular weight is 351 g/mol. The molecule has 0 saturated carbocycles. The highest BCUT2D eigenvalue weighted by molar-refractivity contribution is 7.91. The Hall–Kier alpha value is -1.80. The lowest BCUT2D eigenvalue weighted by molar-refractivity contribution is 0.140.